The monoisotopic (exact) mass is 269 g/mol. The van der Waals surface area contributed by atoms with Gasteiger partial charge in [-0.2, -0.15) is 0 Å². The van der Waals surface area contributed by atoms with Gasteiger partial charge < -0.3 is 10.5 Å². The zero-order valence-corrected chi connectivity index (χ0v) is 11.0. The first kappa shape index (κ1) is 12.2. The van der Waals surface area contributed by atoms with Crippen LogP contribution in [0.15, 0.2) is 12.1 Å². The summed E-state index contributed by atoms with van der Waals surface area (Å²) in [5.41, 5.74) is 6.73. The molecule has 0 unspecified atom stereocenters. The van der Waals surface area contributed by atoms with Crippen LogP contribution in [0.25, 0.3) is 0 Å². The third kappa shape index (κ3) is 2.78. The second-order valence-corrected chi connectivity index (χ2v) is 6.08. The molecule has 1 aromatic carbocycles. The maximum absolute atomic E-state index is 13.4. The predicted molar refractivity (Wildman–Crippen MR) is 69.5 cm³/mol. The van der Waals surface area contributed by atoms with E-state index in [4.69, 9.17) is 22.1 Å². The minimum absolute atomic E-state index is 0.172. The predicted octanol–water partition coefficient (Wildman–Crippen LogP) is 3.30. The Balaban J connectivity index is 1.82. The highest BCUT2D eigenvalue weighted by Crippen LogP contribution is 2.41. The summed E-state index contributed by atoms with van der Waals surface area (Å²) >= 11 is 6.08. The van der Waals surface area contributed by atoms with Crippen LogP contribution in [0.5, 0.6) is 5.75 Å². The molecule has 0 saturated heterocycles. The van der Waals surface area contributed by atoms with Crippen LogP contribution < -0.4 is 10.5 Å². The molecule has 2 nitrogen and oxygen atoms in total. The van der Waals surface area contributed by atoms with E-state index in [2.05, 4.69) is 0 Å². The van der Waals surface area contributed by atoms with E-state index in [0.717, 1.165) is 18.4 Å². The normalized spacial score (nSPS) is 20.8. The number of hydrogen-bond acceptors (Lipinski definition) is 2. The van der Waals surface area contributed by atoms with Crippen LogP contribution in [0, 0.1) is 11.7 Å². The first-order chi connectivity index (χ1) is 8.56. The molecule has 0 heterocycles. The Morgan fingerprint density at radius 2 is 2.11 bits per heavy atom. The molecule has 2 fully saturated rings. The molecule has 4 heteroatoms. The zero-order valence-electron chi connectivity index (χ0n) is 10.2. The van der Waals surface area contributed by atoms with E-state index in [1.165, 1.54) is 25.0 Å². The number of benzene rings is 1. The molecule has 2 saturated carbocycles. The van der Waals surface area contributed by atoms with Crippen molar-refractivity contribution in [1.29, 1.82) is 0 Å². The molecule has 0 atom stereocenters. The van der Waals surface area contributed by atoms with Gasteiger partial charge in [0.1, 0.15) is 11.6 Å². The summed E-state index contributed by atoms with van der Waals surface area (Å²) in [4.78, 5) is 0. The quantitative estimate of drug-likeness (QED) is 0.890. The van der Waals surface area contributed by atoms with Gasteiger partial charge in [0.2, 0.25) is 0 Å². The van der Waals surface area contributed by atoms with Crippen LogP contribution in [0.2, 0.25) is 5.02 Å². The Bertz CT molecular complexity index is 469. The second-order valence-electron chi connectivity index (χ2n) is 5.67. The summed E-state index contributed by atoms with van der Waals surface area (Å²) in [6, 6.07) is 2.81. The van der Waals surface area contributed by atoms with Crippen molar-refractivity contribution < 1.29 is 9.13 Å². The molecular formula is C14H17ClFNO. The van der Waals surface area contributed by atoms with Gasteiger partial charge in [0.25, 0.3) is 0 Å². The Morgan fingerprint density at radius 1 is 1.39 bits per heavy atom. The van der Waals surface area contributed by atoms with Gasteiger partial charge in [-0.05, 0) is 50.2 Å². The number of ether oxygens (including phenoxy) is 1. The Morgan fingerprint density at radius 3 is 2.72 bits per heavy atom. The maximum Gasteiger partial charge on any atom is 0.141 e. The van der Waals surface area contributed by atoms with Crippen LogP contribution in [-0.2, 0) is 6.42 Å². The fourth-order valence-electron chi connectivity index (χ4n) is 2.11. The SMILES string of the molecule is NC1(Cc2cc(F)cc(Cl)c2OCC2CC2)CC1. The minimum Gasteiger partial charge on any atom is -0.491 e. The van der Waals surface area contributed by atoms with Crippen LogP contribution in [0.3, 0.4) is 0 Å². The molecule has 1 aromatic rings. The lowest BCUT2D eigenvalue weighted by Crippen LogP contribution is -2.25. The van der Waals surface area contributed by atoms with Crippen molar-refractivity contribution >= 4 is 11.6 Å². The van der Waals surface area contributed by atoms with Crippen LogP contribution in [0.4, 0.5) is 4.39 Å². The lowest BCUT2D eigenvalue weighted by Gasteiger charge is -2.16. The lowest BCUT2D eigenvalue weighted by atomic mass is 10.0. The molecule has 2 aliphatic rings. The molecule has 0 spiro atoms. The standard InChI is InChI=1S/C14H17ClFNO/c15-12-6-11(16)5-10(7-14(17)3-4-14)13(12)18-8-9-1-2-9/h5-6,9H,1-4,7-8,17H2. The van der Waals surface area contributed by atoms with Gasteiger partial charge >= 0.3 is 0 Å². The van der Waals surface area contributed by atoms with E-state index < -0.39 is 0 Å². The highest BCUT2D eigenvalue weighted by molar-refractivity contribution is 6.32. The summed E-state index contributed by atoms with van der Waals surface area (Å²) in [5, 5.41) is 0.356. The van der Waals surface area contributed by atoms with Crippen molar-refractivity contribution in [1.82, 2.24) is 0 Å². The molecule has 3 rings (SSSR count). The van der Waals surface area contributed by atoms with Crippen molar-refractivity contribution in [3.8, 4) is 5.75 Å². The van der Waals surface area contributed by atoms with Crippen molar-refractivity contribution in [2.24, 2.45) is 11.7 Å². The molecule has 0 bridgehead atoms. The first-order valence-corrected chi connectivity index (χ1v) is 6.83. The highest BCUT2D eigenvalue weighted by Gasteiger charge is 2.39. The molecule has 0 amide bonds. The summed E-state index contributed by atoms with van der Waals surface area (Å²) < 4.78 is 19.2. The number of halogens is 2. The van der Waals surface area contributed by atoms with Crippen LogP contribution in [-0.4, -0.2) is 12.1 Å². The summed E-state index contributed by atoms with van der Waals surface area (Å²) in [5.74, 6) is 0.950. The van der Waals surface area contributed by atoms with Crippen molar-refractivity contribution in [3.63, 3.8) is 0 Å². The van der Waals surface area contributed by atoms with E-state index in [1.807, 2.05) is 0 Å². The Hall–Kier alpha value is -0.800. The van der Waals surface area contributed by atoms with Gasteiger partial charge in [-0.15, -0.1) is 0 Å². The largest absolute Gasteiger partial charge is 0.491 e. The topological polar surface area (TPSA) is 35.2 Å². The third-order valence-electron chi connectivity index (χ3n) is 3.68. The molecule has 2 aliphatic carbocycles. The molecular weight excluding hydrogens is 253 g/mol. The van der Waals surface area contributed by atoms with E-state index in [-0.39, 0.29) is 11.4 Å². The van der Waals surface area contributed by atoms with Crippen LogP contribution >= 0.6 is 11.6 Å². The summed E-state index contributed by atoms with van der Waals surface area (Å²) in [6.45, 7) is 0.677. The van der Waals surface area contributed by atoms with Gasteiger partial charge in [-0.3, -0.25) is 0 Å². The van der Waals surface area contributed by atoms with Gasteiger partial charge in [-0.25, -0.2) is 4.39 Å². The van der Waals surface area contributed by atoms with Crippen LogP contribution in [0.1, 0.15) is 31.2 Å². The van der Waals surface area contributed by atoms with E-state index in [0.29, 0.717) is 29.7 Å². The highest BCUT2D eigenvalue weighted by atomic mass is 35.5. The molecule has 18 heavy (non-hydrogen) atoms. The van der Waals surface area contributed by atoms with E-state index in [1.54, 1.807) is 0 Å². The number of rotatable bonds is 5. The molecule has 0 aliphatic heterocycles. The summed E-state index contributed by atoms with van der Waals surface area (Å²) in [7, 11) is 0. The maximum atomic E-state index is 13.4. The first-order valence-electron chi connectivity index (χ1n) is 6.45. The second kappa shape index (κ2) is 4.39. The minimum atomic E-state index is -0.321. The summed E-state index contributed by atoms with van der Waals surface area (Å²) in [6.07, 6.45) is 5.06. The Kier molecular flexibility index (Phi) is 2.99. The average Bonchev–Trinajstić information content (AvgIpc) is 3.16. The van der Waals surface area contributed by atoms with E-state index in [9.17, 15) is 4.39 Å². The lowest BCUT2D eigenvalue weighted by molar-refractivity contribution is 0.295. The van der Waals surface area contributed by atoms with Gasteiger partial charge in [0.15, 0.2) is 0 Å². The van der Waals surface area contributed by atoms with E-state index >= 15 is 0 Å². The fraction of sp³-hybridized carbons (Fsp3) is 0.571. The smallest absolute Gasteiger partial charge is 0.141 e. The molecule has 2 N–H and O–H groups in total. The molecule has 0 aromatic heterocycles. The fourth-order valence-corrected chi connectivity index (χ4v) is 2.39. The van der Waals surface area contributed by atoms with Crippen molar-refractivity contribution in [2.45, 2.75) is 37.6 Å². The third-order valence-corrected chi connectivity index (χ3v) is 3.96. The average molecular weight is 270 g/mol. The van der Waals surface area contributed by atoms with Crippen molar-refractivity contribution in [2.75, 3.05) is 6.61 Å². The van der Waals surface area contributed by atoms with Crippen molar-refractivity contribution in [3.05, 3.63) is 28.5 Å². The van der Waals surface area contributed by atoms with Gasteiger partial charge in [-0.1, -0.05) is 11.6 Å². The molecule has 0 radical (unpaired) electrons. The zero-order chi connectivity index (χ0) is 12.8. The Labute approximate surface area is 111 Å². The van der Waals surface area contributed by atoms with Gasteiger partial charge in [0, 0.05) is 11.1 Å². The van der Waals surface area contributed by atoms with Gasteiger partial charge in [0.05, 0.1) is 11.6 Å². The number of hydrogen-bond donors (Lipinski definition) is 1. The molecule has 98 valence electrons. The number of nitrogens with two attached hydrogens (primary N) is 1.